The Hall–Kier alpha value is -2.41. The van der Waals surface area contributed by atoms with Crippen LogP contribution in [-0.4, -0.2) is 45.5 Å². The van der Waals surface area contributed by atoms with Gasteiger partial charge in [-0.3, -0.25) is 14.0 Å². The Kier molecular flexibility index (Phi) is 5.82. The van der Waals surface area contributed by atoms with Crippen LogP contribution in [0, 0.1) is 28.6 Å². The van der Waals surface area contributed by atoms with Gasteiger partial charge in [-0.2, -0.15) is 0 Å². The largest absolute Gasteiger partial charge is 0.394 e. The average Bonchev–Trinajstić information content (AvgIpc) is 3.19. The van der Waals surface area contributed by atoms with Crippen molar-refractivity contribution in [2.24, 2.45) is 28.6 Å². The van der Waals surface area contributed by atoms with E-state index >= 15 is 0 Å². The fourth-order valence-corrected chi connectivity index (χ4v) is 5.59. The Balaban J connectivity index is 1.47. The molecule has 0 aliphatic heterocycles. The van der Waals surface area contributed by atoms with Crippen LogP contribution in [0.1, 0.15) is 74.9 Å². The van der Waals surface area contributed by atoms with Crippen molar-refractivity contribution < 1.29 is 14.7 Å². The molecule has 2 bridgehead atoms. The topological polar surface area (TPSA) is 95.7 Å². The van der Waals surface area contributed by atoms with Crippen molar-refractivity contribution in [3.8, 4) is 0 Å². The van der Waals surface area contributed by atoms with Crippen LogP contribution in [0.4, 0.5) is 0 Å². The summed E-state index contributed by atoms with van der Waals surface area (Å²) in [5, 5.41) is 15.6. The Bertz CT molecular complexity index is 1020. The quantitative estimate of drug-likeness (QED) is 0.642. The molecule has 3 fully saturated rings. The number of hydrogen-bond acceptors (Lipinski definition) is 4. The highest BCUT2D eigenvalue weighted by molar-refractivity contribution is 5.95. The summed E-state index contributed by atoms with van der Waals surface area (Å²) in [7, 11) is 0. The third-order valence-electron chi connectivity index (χ3n) is 8.02. The summed E-state index contributed by atoms with van der Waals surface area (Å²) in [5.41, 5.74) is 1.33. The van der Waals surface area contributed by atoms with Gasteiger partial charge in [0.1, 0.15) is 17.0 Å². The number of nitrogens with one attached hydrogen (secondary N) is 2. The number of aliphatic hydroxyl groups is 1. The molecule has 4 atom stereocenters. The number of amides is 2. The molecule has 0 spiro atoms. The molecular formula is C25H36N4O3. The number of imidazole rings is 1. The maximum Gasteiger partial charge on any atom is 0.271 e. The fraction of sp³-hybridized carbons (Fsp3) is 0.640. The van der Waals surface area contributed by atoms with Crippen LogP contribution in [0.3, 0.4) is 0 Å². The van der Waals surface area contributed by atoms with Gasteiger partial charge in [-0.1, -0.05) is 40.7 Å². The van der Waals surface area contributed by atoms with E-state index in [1.807, 2.05) is 20.8 Å². The Morgan fingerprint density at radius 3 is 2.62 bits per heavy atom. The minimum Gasteiger partial charge on any atom is -0.394 e. The minimum atomic E-state index is -0.395. The van der Waals surface area contributed by atoms with E-state index in [4.69, 9.17) is 0 Å². The maximum atomic E-state index is 13.0. The average molecular weight is 441 g/mol. The molecule has 2 heterocycles. The number of carbonyl (C=O) groups is 2. The lowest BCUT2D eigenvalue weighted by Gasteiger charge is -2.60. The molecular weight excluding hydrogens is 404 g/mol. The van der Waals surface area contributed by atoms with Gasteiger partial charge in [-0.05, 0) is 60.0 Å². The van der Waals surface area contributed by atoms with Gasteiger partial charge < -0.3 is 15.7 Å². The molecule has 3 aliphatic rings. The fourth-order valence-electron chi connectivity index (χ4n) is 5.59. The zero-order chi connectivity index (χ0) is 23.3. The zero-order valence-electron chi connectivity index (χ0n) is 19.8. The van der Waals surface area contributed by atoms with Crippen LogP contribution in [0.15, 0.2) is 24.4 Å². The van der Waals surface area contributed by atoms with Gasteiger partial charge in [-0.15, -0.1) is 0 Å². The molecule has 3 saturated carbocycles. The standard InChI is InChI=1S/C25H36N4O3/c1-24(2,3)20(14-30)28-22(31)18-13-29-19(7-6-8-21(29)27-18)23(32)26-12-15-9-10-16-11-17(15)25(16,4)5/h6-8,13,15-17,20,30H,9-12,14H2,1-5H3,(H,26,32)(H,28,31)/t15-,16-,17-,20+/m0/s1. The van der Waals surface area contributed by atoms with E-state index < -0.39 is 6.04 Å². The Morgan fingerprint density at radius 1 is 1.25 bits per heavy atom. The van der Waals surface area contributed by atoms with Crippen molar-refractivity contribution in [3.63, 3.8) is 0 Å². The van der Waals surface area contributed by atoms with Gasteiger partial charge in [0.15, 0.2) is 0 Å². The number of pyridine rings is 1. The maximum absolute atomic E-state index is 13.0. The molecule has 7 nitrogen and oxygen atoms in total. The minimum absolute atomic E-state index is 0.151. The first-order valence-corrected chi connectivity index (χ1v) is 11.7. The third-order valence-corrected chi connectivity index (χ3v) is 8.02. The van der Waals surface area contributed by atoms with Crippen LogP contribution in [0.2, 0.25) is 0 Å². The highest BCUT2D eigenvalue weighted by atomic mass is 16.3. The molecule has 0 radical (unpaired) electrons. The number of carbonyl (C=O) groups excluding carboxylic acids is 2. The van der Waals surface area contributed by atoms with Gasteiger partial charge >= 0.3 is 0 Å². The molecule has 2 aromatic heterocycles. The number of rotatable bonds is 6. The van der Waals surface area contributed by atoms with Gasteiger partial charge in [-0.25, -0.2) is 4.98 Å². The first kappa shape index (κ1) is 22.8. The molecule has 3 N–H and O–H groups in total. The van der Waals surface area contributed by atoms with E-state index in [1.165, 1.54) is 19.3 Å². The first-order valence-electron chi connectivity index (χ1n) is 11.7. The van der Waals surface area contributed by atoms with Crippen LogP contribution >= 0.6 is 0 Å². The molecule has 174 valence electrons. The highest BCUT2D eigenvalue weighted by Crippen LogP contribution is 2.61. The second-order valence-corrected chi connectivity index (χ2v) is 11.2. The normalized spacial score (nSPS) is 25.1. The smallest absolute Gasteiger partial charge is 0.271 e. The number of nitrogens with zero attached hydrogens (tertiary/aromatic N) is 2. The third kappa shape index (κ3) is 4.03. The first-order chi connectivity index (χ1) is 15.0. The van der Waals surface area contributed by atoms with Gasteiger partial charge in [0.2, 0.25) is 0 Å². The predicted octanol–water partition coefficient (Wildman–Crippen LogP) is 3.27. The van der Waals surface area contributed by atoms with E-state index in [9.17, 15) is 14.7 Å². The molecule has 32 heavy (non-hydrogen) atoms. The number of aromatic nitrogens is 2. The highest BCUT2D eigenvalue weighted by Gasteiger charge is 2.53. The van der Waals surface area contributed by atoms with Crippen molar-refractivity contribution in [1.82, 2.24) is 20.0 Å². The van der Waals surface area contributed by atoms with Crippen LogP contribution in [0.25, 0.3) is 5.65 Å². The van der Waals surface area contributed by atoms with Crippen molar-refractivity contribution >= 4 is 17.5 Å². The summed E-state index contributed by atoms with van der Waals surface area (Å²) in [6, 6.07) is 4.92. The molecule has 7 heteroatoms. The lowest BCUT2D eigenvalue weighted by molar-refractivity contribution is -0.103. The van der Waals surface area contributed by atoms with Crippen molar-refractivity contribution in [2.45, 2.75) is 59.9 Å². The van der Waals surface area contributed by atoms with Crippen LogP contribution in [0.5, 0.6) is 0 Å². The molecule has 3 aliphatic carbocycles. The summed E-state index contributed by atoms with van der Waals surface area (Å²) in [6.07, 6.45) is 5.31. The Morgan fingerprint density at radius 2 is 2.00 bits per heavy atom. The number of fused-ring (bicyclic) bond motifs is 3. The lowest BCUT2D eigenvalue weighted by Crippen LogP contribution is -2.54. The summed E-state index contributed by atoms with van der Waals surface area (Å²) >= 11 is 0. The second-order valence-electron chi connectivity index (χ2n) is 11.2. The van der Waals surface area contributed by atoms with Gasteiger partial charge in [0.25, 0.3) is 11.8 Å². The van der Waals surface area contributed by atoms with Crippen molar-refractivity contribution in [1.29, 1.82) is 0 Å². The summed E-state index contributed by atoms with van der Waals surface area (Å²) < 4.78 is 1.67. The zero-order valence-corrected chi connectivity index (χ0v) is 19.8. The summed E-state index contributed by atoms with van der Waals surface area (Å²) in [5.74, 6) is 1.53. The monoisotopic (exact) mass is 440 g/mol. The summed E-state index contributed by atoms with van der Waals surface area (Å²) in [6.45, 7) is 11.1. The number of aliphatic hydroxyl groups excluding tert-OH is 1. The van der Waals surface area contributed by atoms with E-state index in [0.717, 1.165) is 5.92 Å². The van der Waals surface area contributed by atoms with Crippen LogP contribution < -0.4 is 10.6 Å². The van der Waals surface area contributed by atoms with E-state index in [1.54, 1.807) is 28.8 Å². The molecule has 5 rings (SSSR count). The SMILES string of the molecule is CC(C)(C)[C@@H](CO)NC(=O)c1cn2c(C(=O)NC[C@@H]3CC[C@H]4C[C@@H]3C4(C)C)cccc2n1. The number of hydrogen-bond donors (Lipinski definition) is 3. The van der Waals surface area contributed by atoms with Crippen LogP contribution in [-0.2, 0) is 0 Å². The van der Waals surface area contributed by atoms with Crippen molar-refractivity contribution in [2.75, 3.05) is 13.2 Å². The van der Waals surface area contributed by atoms with Crippen molar-refractivity contribution in [3.05, 3.63) is 35.8 Å². The van der Waals surface area contributed by atoms with E-state index in [2.05, 4.69) is 29.5 Å². The molecule has 0 aromatic carbocycles. The Labute approximate surface area is 190 Å². The van der Waals surface area contributed by atoms with Gasteiger partial charge in [0.05, 0.1) is 12.6 Å². The molecule has 0 saturated heterocycles. The predicted molar refractivity (Wildman–Crippen MR) is 123 cm³/mol. The second kappa shape index (κ2) is 8.18. The van der Waals surface area contributed by atoms with Gasteiger partial charge in [0, 0.05) is 12.7 Å². The molecule has 2 amide bonds. The van der Waals surface area contributed by atoms with E-state index in [0.29, 0.717) is 35.1 Å². The lowest BCUT2D eigenvalue weighted by atomic mass is 9.45. The van der Waals surface area contributed by atoms with E-state index in [-0.39, 0.29) is 29.5 Å². The molecule has 2 aromatic rings. The molecule has 0 unspecified atom stereocenters. The summed E-state index contributed by atoms with van der Waals surface area (Å²) in [4.78, 5) is 30.2.